The summed E-state index contributed by atoms with van der Waals surface area (Å²) in [6.45, 7) is 13.2. The van der Waals surface area contributed by atoms with Gasteiger partial charge in [-0.25, -0.2) is 0 Å². The van der Waals surface area contributed by atoms with E-state index in [1.54, 1.807) is 18.2 Å². The van der Waals surface area contributed by atoms with Crippen molar-refractivity contribution in [1.82, 2.24) is 20.4 Å². The molecule has 1 fully saturated rings. The predicted octanol–water partition coefficient (Wildman–Crippen LogP) is 5.27. The normalized spacial score (nSPS) is 16.4. The highest BCUT2D eigenvalue weighted by atomic mass is 16.5. The Morgan fingerprint density at radius 1 is 1.11 bits per heavy atom. The lowest BCUT2D eigenvalue weighted by Gasteiger charge is -2.31. The minimum absolute atomic E-state index is 0.0797. The summed E-state index contributed by atoms with van der Waals surface area (Å²) >= 11 is 0. The maximum absolute atomic E-state index is 13.2. The van der Waals surface area contributed by atoms with Crippen molar-refractivity contribution in [3.05, 3.63) is 65.5 Å². The van der Waals surface area contributed by atoms with Gasteiger partial charge >= 0.3 is 0 Å². The molecule has 0 spiro atoms. The first-order chi connectivity index (χ1) is 18.1. The van der Waals surface area contributed by atoms with Crippen LogP contribution >= 0.6 is 0 Å². The van der Waals surface area contributed by atoms with E-state index in [0.29, 0.717) is 48.5 Å². The molecule has 1 aliphatic rings. The molecule has 0 radical (unpaired) electrons. The van der Waals surface area contributed by atoms with E-state index in [1.807, 2.05) is 32.0 Å². The van der Waals surface area contributed by atoms with Gasteiger partial charge in [0.05, 0.1) is 23.7 Å². The molecule has 8 nitrogen and oxygen atoms in total. The number of aromatic nitrogens is 2. The molecule has 3 aromatic rings. The van der Waals surface area contributed by atoms with Crippen LogP contribution < -0.4 is 10.6 Å². The van der Waals surface area contributed by atoms with Gasteiger partial charge < -0.3 is 15.2 Å². The second-order valence-electron chi connectivity index (χ2n) is 11.6. The maximum Gasteiger partial charge on any atom is 0.253 e. The first-order valence-electron chi connectivity index (χ1n) is 13.4. The zero-order valence-corrected chi connectivity index (χ0v) is 23.1. The van der Waals surface area contributed by atoms with Crippen molar-refractivity contribution >= 4 is 17.5 Å². The SMILES string of the molecule is CC(C)CNC(=O)c1ccccc1NC(=O)C1CCCN(Cc2nc(-c3ccc(C(C)(C)C)cc3)no2)C1. The number of amides is 2. The molecule has 1 aliphatic heterocycles. The fourth-order valence-corrected chi connectivity index (χ4v) is 4.58. The summed E-state index contributed by atoms with van der Waals surface area (Å²) in [4.78, 5) is 32.6. The first-order valence-corrected chi connectivity index (χ1v) is 13.4. The second-order valence-corrected chi connectivity index (χ2v) is 11.6. The quantitative estimate of drug-likeness (QED) is 0.422. The third-order valence-electron chi connectivity index (χ3n) is 6.81. The van der Waals surface area contributed by atoms with Gasteiger partial charge in [-0.1, -0.05) is 76.2 Å². The fraction of sp³-hybridized carbons (Fsp3) is 0.467. The number of nitrogens with zero attached hydrogens (tertiary/aromatic N) is 3. The first kappa shape index (κ1) is 27.5. The van der Waals surface area contributed by atoms with Crippen LogP contribution in [0.2, 0.25) is 0 Å². The van der Waals surface area contributed by atoms with Crippen LogP contribution in [0.5, 0.6) is 0 Å². The Hall–Kier alpha value is -3.52. The number of piperidine rings is 1. The van der Waals surface area contributed by atoms with Crippen LogP contribution in [0.4, 0.5) is 5.69 Å². The zero-order chi connectivity index (χ0) is 27.3. The molecule has 2 aromatic carbocycles. The Balaban J connectivity index is 1.36. The topological polar surface area (TPSA) is 100 Å². The van der Waals surface area contributed by atoms with E-state index in [1.165, 1.54) is 5.56 Å². The highest BCUT2D eigenvalue weighted by Gasteiger charge is 2.28. The highest BCUT2D eigenvalue weighted by Crippen LogP contribution is 2.26. The van der Waals surface area contributed by atoms with Gasteiger partial charge in [0.1, 0.15) is 0 Å². The molecule has 2 amide bonds. The Labute approximate surface area is 225 Å². The summed E-state index contributed by atoms with van der Waals surface area (Å²) in [5, 5.41) is 10.1. The van der Waals surface area contributed by atoms with Crippen LogP contribution in [0.25, 0.3) is 11.4 Å². The molecule has 8 heteroatoms. The van der Waals surface area contributed by atoms with E-state index in [4.69, 9.17) is 4.52 Å². The van der Waals surface area contributed by atoms with E-state index in [0.717, 1.165) is 24.9 Å². The third kappa shape index (κ3) is 7.07. The molecule has 38 heavy (non-hydrogen) atoms. The number of nitrogens with one attached hydrogen (secondary N) is 2. The van der Waals surface area contributed by atoms with Crippen molar-refractivity contribution in [2.24, 2.45) is 11.8 Å². The van der Waals surface area contributed by atoms with Gasteiger partial charge in [-0.15, -0.1) is 0 Å². The van der Waals surface area contributed by atoms with Crippen molar-refractivity contribution in [3.8, 4) is 11.4 Å². The van der Waals surface area contributed by atoms with Crippen molar-refractivity contribution < 1.29 is 14.1 Å². The van der Waals surface area contributed by atoms with E-state index in [9.17, 15) is 9.59 Å². The highest BCUT2D eigenvalue weighted by molar-refractivity contribution is 6.04. The number of likely N-dealkylation sites (tertiary alicyclic amines) is 1. The van der Waals surface area contributed by atoms with E-state index in [-0.39, 0.29) is 23.1 Å². The molecule has 1 saturated heterocycles. The summed E-state index contributed by atoms with van der Waals surface area (Å²) in [6, 6.07) is 15.4. The van der Waals surface area contributed by atoms with Gasteiger partial charge in [-0.05, 0) is 48.4 Å². The van der Waals surface area contributed by atoms with Crippen LogP contribution in [0, 0.1) is 11.8 Å². The Morgan fingerprint density at radius 2 is 1.84 bits per heavy atom. The summed E-state index contributed by atoms with van der Waals surface area (Å²) in [7, 11) is 0. The lowest BCUT2D eigenvalue weighted by atomic mass is 9.87. The molecule has 1 aromatic heterocycles. The minimum Gasteiger partial charge on any atom is -0.352 e. The molecule has 202 valence electrons. The molecule has 1 atom stereocenters. The Kier molecular flexibility index (Phi) is 8.62. The van der Waals surface area contributed by atoms with Crippen molar-refractivity contribution in [3.63, 3.8) is 0 Å². The van der Waals surface area contributed by atoms with Crippen molar-refractivity contribution in [2.45, 2.75) is 59.4 Å². The lowest BCUT2D eigenvalue weighted by Crippen LogP contribution is -2.40. The summed E-state index contributed by atoms with van der Waals surface area (Å²) in [6.07, 6.45) is 1.68. The average Bonchev–Trinajstić information content (AvgIpc) is 3.35. The molecule has 2 N–H and O–H groups in total. The smallest absolute Gasteiger partial charge is 0.253 e. The summed E-state index contributed by atoms with van der Waals surface area (Å²) < 4.78 is 5.54. The van der Waals surface area contributed by atoms with Crippen molar-refractivity contribution in [1.29, 1.82) is 0 Å². The number of carbonyl (C=O) groups is 2. The van der Waals surface area contributed by atoms with E-state index >= 15 is 0 Å². The zero-order valence-electron chi connectivity index (χ0n) is 23.1. The van der Waals surface area contributed by atoms with E-state index < -0.39 is 0 Å². The van der Waals surface area contributed by atoms with Crippen LogP contribution in [-0.2, 0) is 16.8 Å². The summed E-state index contributed by atoms with van der Waals surface area (Å²) in [5.74, 6) is 0.997. The molecule has 4 rings (SSSR count). The molecular weight excluding hydrogens is 478 g/mol. The number of rotatable bonds is 8. The lowest BCUT2D eigenvalue weighted by molar-refractivity contribution is -0.121. The molecule has 0 aliphatic carbocycles. The van der Waals surface area contributed by atoms with Crippen molar-refractivity contribution in [2.75, 3.05) is 25.0 Å². The van der Waals surface area contributed by atoms with Crippen LogP contribution in [-0.4, -0.2) is 46.5 Å². The predicted molar refractivity (Wildman–Crippen MR) is 149 cm³/mol. The average molecular weight is 518 g/mol. The number of carbonyl (C=O) groups excluding carboxylic acids is 2. The molecule has 2 heterocycles. The number of hydrogen-bond donors (Lipinski definition) is 2. The van der Waals surface area contributed by atoms with Gasteiger partial charge in [0, 0.05) is 18.7 Å². The van der Waals surface area contributed by atoms with Gasteiger partial charge in [0.25, 0.3) is 5.91 Å². The van der Waals surface area contributed by atoms with Crippen LogP contribution in [0.3, 0.4) is 0 Å². The van der Waals surface area contributed by atoms with Crippen LogP contribution in [0.1, 0.15) is 69.3 Å². The molecule has 1 unspecified atom stereocenters. The van der Waals surface area contributed by atoms with Gasteiger partial charge in [-0.2, -0.15) is 4.98 Å². The van der Waals surface area contributed by atoms with Gasteiger partial charge in [0.15, 0.2) is 0 Å². The third-order valence-corrected chi connectivity index (χ3v) is 6.81. The fourth-order valence-electron chi connectivity index (χ4n) is 4.58. The molecule has 0 saturated carbocycles. The van der Waals surface area contributed by atoms with E-state index in [2.05, 4.69) is 58.6 Å². The largest absolute Gasteiger partial charge is 0.352 e. The number of benzene rings is 2. The number of anilines is 1. The summed E-state index contributed by atoms with van der Waals surface area (Å²) in [5.41, 5.74) is 3.26. The standard InChI is InChI=1S/C30H39N5O3/c1-20(2)17-31-29(37)24-10-6-7-11-25(24)32-28(36)22-9-8-16-35(18-22)19-26-33-27(34-38-26)21-12-14-23(15-13-21)30(3,4)5/h6-7,10-15,20,22H,8-9,16-19H2,1-5H3,(H,31,37)(H,32,36). The molecular formula is C30H39N5O3. The monoisotopic (exact) mass is 517 g/mol. The van der Waals surface area contributed by atoms with Gasteiger partial charge in [-0.3, -0.25) is 14.5 Å². The van der Waals surface area contributed by atoms with Crippen LogP contribution in [0.15, 0.2) is 53.1 Å². The van der Waals surface area contributed by atoms with Gasteiger partial charge in [0.2, 0.25) is 17.6 Å². The maximum atomic E-state index is 13.2. The Morgan fingerprint density at radius 3 is 2.55 bits per heavy atom. The number of hydrogen-bond acceptors (Lipinski definition) is 6. The second kappa shape index (κ2) is 11.9. The number of para-hydroxylation sites is 1. The molecule has 0 bridgehead atoms. The Bertz CT molecular complexity index is 1240. The minimum atomic E-state index is -0.192.